The van der Waals surface area contributed by atoms with Crippen molar-refractivity contribution in [2.45, 2.75) is 19.9 Å². The minimum absolute atomic E-state index is 0.0808. The van der Waals surface area contributed by atoms with Gasteiger partial charge in [0, 0.05) is 19.4 Å². The summed E-state index contributed by atoms with van der Waals surface area (Å²) in [5, 5.41) is 2.90. The van der Waals surface area contributed by atoms with Gasteiger partial charge in [0.1, 0.15) is 5.75 Å². The molecule has 1 N–H and O–H groups in total. The molecule has 2 unspecified atom stereocenters. The maximum atomic E-state index is 11.3. The lowest BCUT2D eigenvalue weighted by molar-refractivity contribution is -0.143. The van der Waals surface area contributed by atoms with Crippen LogP contribution in [0.1, 0.15) is 25.5 Å². The van der Waals surface area contributed by atoms with Gasteiger partial charge in [0.05, 0.1) is 25.2 Å². The molecule has 0 bridgehead atoms. The Balaban J connectivity index is 2.21. The van der Waals surface area contributed by atoms with E-state index in [2.05, 4.69) is 5.32 Å². The first-order chi connectivity index (χ1) is 9.08. The van der Waals surface area contributed by atoms with Crippen LogP contribution < -0.4 is 10.1 Å². The molecule has 1 aliphatic heterocycles. The maximum Gasteiger partial charge on any atom is 0.302 e. The zero-order valence-corrected chi connectivity index (χ0v) is 11.0. The second-order valence-electron chi connectivity index (χ2n) is 4.59. The quantitative estimate of drug-likeness (QED) is 0.838. The third kappa shape index (κ3) is 3.24. The normalized spacial score (nSPS) is 20.9. The summed E-state index contributed by atoms with van der Waals surface area (Å²) in [6.45, 7) is 3.48. The van der Waals surface area contributed by atoms with E-state index in [-0.39, 0.29) is 30.4 Å². The smallest absolute Gasteiger partial charge is 0.302 e. The number of hydrogen-bond acceptors (Lipinski definition) is 4. The Labute approximate surface area is 111 Å². The van der Waals surface area contributed by atoms with Gasteiger partial charge < -0.3 is 14.8 Å². The second-order valence-corrected chi connectivity index (χ2v) is 4.59. The van der Waals surface area contributed by atoms with E-state index in [0.29, 0.717) is 6.61 Å². The highest BCUT2D eigenvalue weighted by Gasteiger charge is 2.32. The molecule has 2 atom stereocenters. The summed E-state index contributed by atoms with van der Waals surface area (Å²) in [6, 6.07) is 7.37. The standard InChI is InChI=1S/C14H17NO4/c1-9(16)15-14-11(7-18-10(2)17)8-19-13-6-4-3-5-12(13)14/h3-6,11,14H,7-8H2,1-2H3,(H,15,16). The van der Waals surface area contributed by atoms with Crippen LogP contribution in [0.4, 0.5) is 0 Å². The molecule has 1 aliphatic rings. The SMILES string of the molecule is CC(=O)NC1c2ccccc2OCC1COC(C)=O. The number of ether oxygens (including phenoxy) is 2. The number of nitrogens with one attached hydrogen (secondary N) is 1. The van der Waals surface area contributed by atoms with Gasteiger partial charge in [-0.1, -0.05) is 18.2 Å². The summed E-state index contributed by atoms with van der Waals surface area (Å²) in [5.41, 5.74) is 0.918. The third-order valence-corrected chi connectivity index (χ3v) is 3.04. The molecule has 0 saturated carbocycles. The molecule has 5 nitrogen and oxygen atoms in total. The summed E-state index contributed by atoms with van der Waals surface area (Å²) in [6.07, 6.45) is 0. The monoisotopic (exact) mass is 263 g/mol. The molecule has 2 rings (SSSR count). The van der Waals surface area contributed by atoms with Gasteiger partial charge in [0.2, 0.25) is 5.91 Å². The molecule has 1 aromatic rings. The zero-order valence-electron chi connectivity index (χ0n) is 11.0. The van der Waals surface area contributed by atoms with Crippen LogP contribution in [0.3, 0.4) is 0 Å². The van der Waals surface area contributed by atoms with Gasteiger partial charge in [-0.15, -0.1) is 0 Å². The fraction of sp³-hybridized carbons (Fsp3) is 0.429. The molecule has 0 aromatic heterocycles. The number of rotatable bonds is 3. The Kier molecular flexibility index (Phi) is 4.04. The predicted molar refractivity (Wildman–Crippen MR) is 68.6 cm³/mol. The molecule has 1 aromatic carbocycles. The molecular formula is C14H17NO4. The average molecular weight is 263 g/mol. The van der Waals surface area contributed by atoms with Crippen LogP contribution in [0.25, 0.3) is 0 Å². The van der Waals surface area contributed by atoms with E-state index in [0.717, 1.165) is 11.3 Å². The summed E-state index contributed by atoms with van der Waals surface area (Å²) in [5.74, 6) is 0.234. The molecule has 0 saturated heterocycles. The van der Waals surface area contributed by atoms with E-state index >= 15 is 0 Å². The Bertz CT molecular complexity index is 486. The summed E-state index contributed by atoms with van der Waals surface area (Å²) >= 11 is 0. The van der Waals surface area contributed by atoms with Crippen molar-refractivity contribution in [3.63, 3.8) is 0 Å². The Hall–Kier alpha value is -2.04. The Morgan fingerprint density at radius 2 is 2.11 bits per heavy atom. The van der Waals surface area contributed by atoms with Crippen LogP contribution in [0.2, 0.25) is 0 Å². The van der Waals surface area contributed by atoms with Gasteiger partial charge >= 0.3 is 5.97 Å². The van der Waals surface area contributed by atoms with Gasteiger partial charge in [-0.05, 0) is 6.07 Å². The lowest BCUT2D eigenvalue weighted by Crippen LogP contribution is -2.40. The van der Waals surface area contributed by atoms with Crippen molar-refractivity contribution in [2.75, 3.05) is 13.2 Å². The molecular weight excluding hydrogens is 246 g/mol. The summed E-state index contributed by atoms with van der Waals surface area (Å²) in [4.78, 5) is 22.3. The van der Waals surface area contributed by atoms with Crippen LogP contribution in [-0.2, 0) is 14.3 Å². The van der Waals surface area contributed by atoms with E-state index in [1.54, 1.807) is 0 Å². The highest BCUT2D eigenvalue weighted by Crippen LogP contribution is 2.35. The average Bonchev–Trinajstić information content (AvgIpc) is 2.37. The van der Waals surface area contributed by atoms with Crippen molar-refractivity contribution in [2.24, 2.45) is 5.92 Å². The summed E-state index contributed by atoms with van der Waals surface area (Å²) < 4.78 is 10.7. The molecule has 0 radical (unpaired) electrons. The molecule has 5 heteroatoms. The van der Waals surface area contributed by atoms with Gasteiger partial charge in [-0.2, -0.15) is 0 Å². The van der Waals surface area contributed by atoms with Crippen LogP contribution in [0.15, 0.2) is 24.3 Å². The van der Waals surface area contributed by atoms with E-state index in [9.17, 15) is 9.59 Å². The first-order valence-electron chi connectivity index (χ1n) is 6.20. The molecule has 1 amide bonds. The van der Waals surface area contributed by atoms with Crippen molar-refractivity contribution in [1.82, 2.24) is 5.32 Å². The van der Waals surface area contributed by atoms with Crippen molar-refractivity contribution in [3.8, 4) is 5.75 Å². The van der Waals surface area contributed by atoms with E-state index < -0.39 is 0 Å². The number of carbonyl (C=O) groups is 2. The van der Waals surface area contributed by atoms with Crippen molar-refractivity contribution in [3.05, 3.63) is 29.8 Å². The number of para-hydroxylation sites is 1. The molecule has 0 spiro atoms. The number of benzene rings is 1. The van der Waals surface area contributed by atoms with E-state index in [4.69, 9.17) is 9.47 Å². The van der Waals surface area contributed by atoms with Crippen molar-refractivity contribution < 1.29 is 19.1 Å². The fourth-order valence-electron chi connectivity index (χ4n) is 2.20. The lowest BCUT2D eigenvalue weighted by Gasteiger charge is -2.33. The highest BCUT2D eigenvalue weighted by molar-refractivity contribution is 5.73. The lowest BCUT2D eigenvalue weighted by atomic mass is 9.91. The number of fused-ring (bicyclic) bond motifs is 1. The second kappa shape index (κ2) is 5.73. The molecule has 0 aliphatic carbocycles. The Morgan fingerprint density at radius 1 is 1.37 bits per heavy atom. The van der Waals surface area contributed by atoms with Crippen LogP contribution in [0, 0.1) is 5.92 Å². The zero-order chi connectivity index (χ0) is 13.8. The highest BCUT2D eigenvalue weighted by atomic mass is 16.5. The Morgan fingerprint density at radius 3 is 2.79 bits per heavy atom. The molecule has 0 fully saturated rings. The first kappa shape index (κ1) is 13.4. The fourth-order valence-corrected chi connectivity index (χ4v) is 2.20. The topological polar surface area (TPSA) is 64.6 Å². The minimum Gasteiger partial charge on any atom is -0.493 e. The number of amides is 1. The maximum absolute atomic E-state index is 11.3. The van der Waals surface area contributed by atoms with Crippen molar-refractivity contribution >= 4 is 11.9 Å². The van der Waals surface area contributed by atoms with Gasteiger partial charge in [0.15, 0.2) is 0 Å². The number of carbonyl (C=O) groups excluding carboxylic acids is 2. The third-order valence-electron chi connectivity index (χ3n) is 3.04. The van der Waals surface area contributed by atoms with Crippen LogP contribution in [0.5, 0.6) is 5.75 Å². The summed E-state index contributed by atoms with van der Waals surface area (Å²) in [7, 11) is 0. The van der Waals surface area contributed by atoms with Gasteiger partial charge in [-0.3, -0.25) is 9.59 Å². The largest absolute Gasteiger partial charge is 0.493 e. The predicted octanol–water partition coefficient (Wildman–Crippen LogP) is 1.44. The first-order valence-corrected chi connectivity index (χ1v) is 6.20. The number of hydrogen-bond donors (Lipinski definition) is 1. The van der Waals surface area contributed by atoms with E-state index in [1.807, 2.05) is 24.3 Å². The van der Waals surface area contributed by atoms with E-state index in [1.165, 1.54) is 13.8 Å². The minimum atomic E-state index is -0.333. The van der Waals surface area contributed by atoms with Crippen LogP contribution >= 0.6 is 0 Å². The molecule has 1 heterocycles. The van der Waals surface area contributed by atoms with Crippen LogP contribution in [-0.4, -0.2) is 25.1 Å². The molecule has 102 valence electrons. The van der Waals surface area contributed by atoms with Crippen molar-refractivity contribution in [1.29, 1.82) is 0 Å². The molecule has 19 heavy (non-hydrogen) atoms. The van der Waals surface area contributed by atoms with Gasteiger partial charge in [0.25, 0.3) is 0 Å². The van der Waals surface area contributed by atoms with Gasteiger partial charge in [-0.25, -0.2) is 0 Å². The number of esters is 1.